The fourth-order valence-corrected chi connectivity index (χ4v) is 2.52. The van der Waals surface area contributed by atoms with Gasteiger partial charge >= 0.3 is 0 Å². The van der Waals surface area contributed by atoms with Gasteiger partial charge in [-0.25, -0.2) is 0 Å². The van der Waals surface area contributed by atoms with Gasteiger partial charge in [-0.15, -0.1) is 5.10 Å². The van der Waals surface area contributed by atoms with Gasteiger partial charge in [0.15, 0.2) is 0 Å². The molecular weight excluding hydrogens is 248 g/mol. The Kier molecular flexibility index (Phi) is 2.94. The lowest BCUT2D eigenvalue weighted by atomic mass is 9.84. The van der Waals surface area contributed by atoms with Crippen molar-refractivity contribution in [2.45, 2.75) is 37.7 Å². The van der Waals surface area contributed by atoms with E-state index in [2.05, 4.69) is 25.3 Å². The molecule has 0 radical (unpaired) electrons. The first kappa shape index (κ1) is 12.1. The standard InChI is InChI=1S/C11H16N6O2/c1-18-11(5-3-2-4-6-11)9-14-8(19-17-9)7-13-10(12)16-15-7/h2-6H2,1H3,(H3,12,13,15,16). The normalized spacial score (nSPS) is 18.6. The number of rotatable bonds is 3. The molecular formula is C11H16N6O2. The number of H-pyrrole nitrogens is 1. The molecule has 0 bridgehead atoms. The molecule has 0 spiro atoms. The molecule has 3 N–H and O–H groups in total. The van der Waals surface area contributed by atoms with E-state index in [-0.39, 0.29) is 11.8 Å². The molecule has 0 unspecified atom stereocenters. The summed E-state index contributed by atoms with van der Waals surface area (Å²) in [5.41, 5.74) is 5.01. The summed E-state index contributed by atoms with van der Waals surface area (Å²) in [5.74, 6) is 1.37. The zero-order valence-corrected chi connectivity index (χ0v) is 10.7. The van der Waals surface area contributed by atoms with Crippen molar-refractivity contribution in [3.63, 3.8) is 0 Å². The largest absolute Gasteiger partial charge is 0.370 e. The lowest BCUT2D eigenvalue weighted by Crippen LogP contribution is -2.32. The second kappa shape index (κ2) is 4.61. The number of methoxy groups -OCH3 is 1. The number of nitrogen functional groups attached to an aromatic ring is 1. The van der Waals surface area contributed by atoms with Crippen LogP contribution in [0.4, 0.5) is 5.95 Å². The minimum Gasteiger partial charge on any atom is -0.370 e. The van der Waals surface area contributed by atoms with Crippen LogP contribution in [0.1, 0.15) is 37.9 Å². The van der Waals surface area contributed by atoms with Gasteiger partial charge in [0.05, 0.1) is 0 Å². The predicted molar refractivity (Wildman–Crippen MR) is 65.9 cm³/mol. The Morgan fingerprint density at radius 3 is 2.68 bits per heavy atom. The topological polar surface area (TPSA) is 116 Å². The van der Waals surface area contributed by atoms with Gasteiger partial charge in [0.2, 0.25) is 17.6 Å². The number of aromatic nitrogens is 5. The van der Waals surface area contributed by atoms with Crippen LogP contribution in [0.3, 0.4) is 0 Å². The lowest BCUT2D eigenvalue weighted by molar-refractivity contribution is -0.0527. The molecule has 2 aromatic rings. The first-order chi connectivity index (χ1) is 9.23. The molecule has 2 heterocycles. The van der Waals surface area contributed by atoms with E-state index in [1.165, 1.54) is 6.42 Å². The lowest BCUT2D eigenvalue weighted by Gasteiger charge is -2.32. The summed E-state index contributed by atoms with van der Waals surface area (Å²) in [6.07, 6.45) is 5.23. The van der Waals surface area contributed by atoms with Crippen molar-refractivity contribution in [2.24, 2.45) is 0 Å². The highest BCUT2D eigenvalue weighted by Crippen LogP contribution is 2.38. The molecule has 0 atom stereocenters. The van der Waals surface area contributed by atoms with E-state index in [4.69, 9.17) is 15.0 Å². The summed E-state index contributed by atoms with van der Waals surface area (Å²) >= 11 is 0. The van der Waals surface area contributed by atoms with E-state index in [1.54, 1.807) is 7.11 Å². The Labute approximate surface area is 109 Å². The van der Waals surface area contributed by atoms with Crippen LogP contribution in [0.5, 0.6) is 0 Å². The van der Waals surface area contributed by atoms with E-state index in [0.29, 0.717) is 11.6 Å². The number of anilines is 1. The molecule has 102 valence electrons. The number of nitrogens with zero attached hydrogens (tertiary/aromatic N) is 4. The van der Waals surface area contributed by atoms with Crippen LogP contribution >= 0.6 is 0 Å². The number of aromatic amines is 1. The van der Waals surface area contributed by atoms with Crippen LogP contribution < -0.4 is 5.73 Å². The maximum atomic E-state index is 5.66. The van der Waals surface area contributed by atoms with Crippen LogP contribution in [0.25, 0.3) is 11.7 Å². The smallest absolute Gasteiger partial charge is 0.295 e. The Bertz CT molecular complexity index is 557. The summed E-state index contributed by atoms with van der Waals surface area (Å²) in [7, 11) is 1.69. The van der Waals surface area contributed by atoms with E-state index in [0.717, 1.165) is 25.7 Å². The van der Waals surface area contributed by atoms with Crippen molar-refractivity contribution < 1.29 is 9.26 Å². The monoisotopic (exact) mass is 264 g/mol. The second-order valence-corrected chi connectivity index (χ2v) is 4.72. The Morgan fingerprint density at radius 1 is 1.26 bits per heavy atom. The molecule has 8 nitrogen and oxygen atoms in total. The van der Waals surface area contributed by atoms with Crippen LogP contribution in [-0.2, 0) is 10.3 Å². The Morgan fingerprint density at radius 2 is 2.05 bits per heavy atom. The number of nitrogens with two attached hydrogens (primary N) is 1. The molecule has 1 fully saturated rings. The van der Waals surface area contributed by atoms with Gasteiger partial charge in [0.25, 0.3) is 5.89 Å². The number of ether oxygens (including phenoxy) is 1. The molecule has 19 heavy (non-hydrogen) atoms. The summed E-state index contributed by atoms with van der Waals surface area (Å²) in [6.45, 7) is 0. The van der Waals surface area contributed by atoms with Crippen molar-refractivity contribution in [3.05, 3.63) is 5.82 Å². The van der Waals surface area contributed by atoms with Crippen LogP contribution in [0.2, 0.25) is 0 Å². The maximum Gasteiger partial charge on any atom is 0.295 e. The molecule has 2 aromatic heterocycles. The molecule has 0 aliphatic heterocycles. The third-order valence-corrected chi connectivity index (χ3v) is 3.59. The molecule has 0 saturated heterocycles. The molecule has 0 aromatic carbocycles. The van der Waals surface area contributed by atoms with Crippen LogP contribution in [-0.4, -0.2) is 32.4 Å². The first-order valence-electron chi connectivity index (χ1n) is 6.31. The summed E-state index contributed by atoms with van der Waals surface area (Å²) in [6, 6.07) is 0. The van der Waals surface area contributed by atoms with Crippen molar-refractivity contribution >= 4 is 5.95 Å². The minimum absolute atomic E-state index is 0.147. The summed E-state index contributed by atoms with van der Waals surface area (Å²) < 4.78 is 10.9. The van der Waals surface area contributed by atoms with E-state index in [1.807, 2.05) is 0 Å². The summed E-state index contributed by atoms with van der Waals surface area (Å²) in [5, 5.41) is 10.4. The van der Waals surface area contributed by atoms with Crippen molar-refractivity contribution in [2.75, 3.05) is 12.8 Å². The fraction of sp³-hybridized carbons (Fsp3) is 0.636. The highest BCUT2D eigenvalue weighted by atomic mass is 16.5. The number of hydrogen-bond acceptors (Lipinski definition) is 7. The Hall–Kier alpha value is -1.96. The van der Waals surface area contributed by atoms with E-state index in [9.17, 15) is 0 Å². The molecule has 0 amide bonds. The molecule has 1 aliphatic carbocycles. The zero-order chi connectivity index (χ0) is 13.3. The van der Waals surface area contributed by atoms with Gasteiger partial charge < -0.3 is 15.0 Å². The van der Waals surface area contributed by atoms with Gasteiger partial charge in [-0.3, -0.25) is 5.10 Å². The van der Waals surface area contributed by atoms with Gasteiger partial charge in [0, 0.05) is 7.11 Å². The van der Waals surface area contributed by atoms with Crippen LogP contribution in [0.15, 0.2) is 4.52 Å². The molecule has 3 rings (SSSR count). The van der Waals surface area contributed by atoms with Crippen molar-refractivity contribution in [1.29, 1.82) is 0 Å². The second-order valence-electron chi connectivity index (χ2n) is 4.72. The number of nitrogens with one attached hydrogen (secondary N) is 1. The van der Waals surface area contributed by atoms with Crippen molar-refractivity contribution in [3.8, 4) is 11.7 Å². The highest BCUT2D eigenvalue weighted by molar-refractivity contribution is 5.41. The van der Waals surface area contributed by atoms with Gasteiger partial charge in [-0.05, 0) is 12.8 Å². The van der Waals surface area contributed by atoms with Gasteiger partial charge in [-0.2, -0.15) is 9.97 Å². The predicted octanol–water partition coefficient (Wildman–Crippen LogP) is 1.24. The quantitative estimate of drug-likeness (QED) is 0.856. The first-order valence-corrected chi connectivity index (χ1v) is 6.31. The Balaban J connectivity index is 1.91. The molecule has 1 aliphatic rings. The van der Waals surface area contributed by atoms with Crippen molar-refractivity contribution in [1.82, 2.24) is 25.3 Å². The molecule has 8 heteroatoms. The number of hydrogen-bond donors (Lipinski definition) is 2. The fourth-order valence-electron chi connectivity index (χ4n) is 2.52. The van der Waals surface area contributed by atoms with Gasteiger partial charge in [-0.1, -0.05) is 24.4 Å². The van der Waals surface area contributed by atoms with Crippen LogP contribution in [0, 0.1) is 0 Å². The minimum atomic E-state index is -0.439. The molecule has 1 saturated carbocycles. The average molecular weight is 264 g/mol. The highest BCUT2D eigenvalue weighted by Gasteiger charge is 2.38. The summed E-state index contributed by atoms with van der Waals surface area (Å²) in [4.78, 5) is 8.33. The zero-order valence-electron chi connectivity index (χ0n) is 10.7. The van der Waals surface area contributed by atoms with E-state index >= 15 is 0 Å². The SMILES string of the molecule is COC1(c2noc(-c3nc(N)n[nH]3)n2)CCCCC1. The third kappa shape index (κ3) is 2.07. The third-order valence-electron chi connectivity index (χ3n) is 3.59. The average Bonchev–Trinajstić information content (AvgIpc) is 3.08. The van der Waals surface area contributed by atoms with E-state index < -0.39 is 5.60 Å². The maximum absolute atomic E-state index is 5.66. The van der Waals surface area contributed by atoms with Gasteiger partial charge in [0.1, 0.15) is 5.60 Å².